The van der Waals surface area contributed by atoms with E-state index in [1.165, 1.54) is 11.6 Å². The van der Waals surface area contributed by atoms with Gasteiger partial charge in [0.2, 0.25) is 0 Å². The summed E-state index contributed by atoms with van der Waals surface area (Å²) in [5, 5.41) is 10.1. The van der Waals surface area contributed by atoms with Gasteiger partial charge in [-0.2, -0.15) is 0 Å². The highest BCUT2D eigenvalue weighted by molar-refractivity contribution is 6.07. The van der Waals surface area contributed by atoms with E-state index in [-0.39, 0.29) is 11.5 Å². The number of allylic oxidation sites excluding steroid dienone is 1. The fourth-order valence-electron chi connectivity index (χ4n) is 2.13. The third-order valence-corrected chi connectivity index (χ3v) is 3.59. The van der Waals surface area contributed by atoms with E-state index in [4.69, 9.17) is 0 Å². The monoisotopic (exact) mass is 295 g/mol. The lowest BCUT2D eigenvalue weighted by atomic mass is 10.0. The molecule has 22 heavy (non-hydrogen) atoms. The van der Waals surface area contributed by atoms with Crippen molar-refractivity contribution in [2.24, 2.45) is 0 Å². The zero-order valence-electron chi connectivity index (χ0n) is 13.2. The highest BCUT2D eigenvalue weighted by Gasteiger charge is 2.06. The van der Waals surface area contributed by atoms with E-state index in [9.17, 15) is 9.90 Å². The standard InChI is InChI=1S/C19H21NO2/c1-4-14-5-7-15(8-6-14)18(21)13-19(22)16-9-11-17(12-10-16)20(2)3/h5-13,22H,4H2,1-3H3/b19-13+. The van der Waals surface area contributed by atoms with Crippen LogP contribution < -0.4 is 4.90 Å². The summed E-state index contributed by atoms with van der Waals surface area (Å²) in [6, 6.07) is 14.9. The quantitative estimate of drug-likeness (QED) is 0.513. The van der Waals surface area contributed by atoms with Crippen LogP contribution in [-0.2, 0) is 6.42 Å². The van der Waals surface area contributed by atoms with Gasteiger partial charge in [0.05, 0.1) is 0 Å². The van der Waals surface area contributed by atoms with Crippen molar-refractivity contribution in [2.75, 3.05) is 19.0 Å². The van der Waals surface area contributed by atoms with Gasteiger partial charge in [0.25, 0.3) is 0 Å². The van der Waals surface area contributed by atoms with E-state index in [0.29, 0.717) is 11.1 Å². The molecule has 0 amide bonds. The van der Waals surface area contributed by atoms with Crippen LogP contribution in [0.15, 0.2) is 54.6 Å². The van der Waals surface area contributed by atoms with Gasteiger partial charge in [-0.25, -0.2) is 0 Å². The van der Waals surface area contributed by atoms with Gasteiger partial charge in [-0.15, -0.1) is 0 Å². The average molecular weight is 295 g/mol. The van der Waals surface area contributed by atoms with Crippen molar-refractivity contribution < 1.29 is 9.90 Å². The van der Waals surface area contributed by atoms with Crippen molar-refractivity contribution in [3.8, 4) is 0 Å². The van der Waals surface area contributed by atoms with Gasteiger partial charge in [0, 0.05) is 37.0 Å². The molecule has 0 saturated heterocycles. The molecule has 3 nitrogen and oxygen atoms in total. The number of hydrogen-bond donors (Lipinski definition) is 1. The van der Waals surface area contributed by atoms with Crippen molar-refractivity contribution in [1.82, 2.24) is 0 Å². The maximum absolute atomic E-state index is 12.2. The van der Waals surface area contributed by atoms with Crippen LogP contribution in [0.25, 0.3) is 5.76 Å². The first kappa shape index (κ1) is 15.8. The van der Waals surface area contributed by atoms with Crippen molar-refractivity contribution in [1.29, 1.82) is 0 Å². The van der Waals surface area contributed by atoms with Crippen molar-refractivity contribution >= 4 is 17.2 Å². The van der Waals surface area contributed by atoms with Crippen LogP contribution in [0, 0.1) is 0 Å². The van der Waals surface area contributed by atoms with Crippen LogP contribution in [0.3, 0.4) is 0 Å². The molecule has 2 aromatic rings. The zero-order valence-corrected chi connectivity index (χ0v) is 13.2. The van der Waals surface area contributed by atoms with Crippen LogP contribution in [0.2, 0.25) is 0 Å². The van der Waals surface area contributed by atoms with E-state index < -0.39 is 0 Å². The first-order chi connectivity index (χ1) is 10.5. The maximum atomic E-state index is 12.2. The first-order valence-corrected chi connectivity index (χ1v) is 7.33. The fraction of sp³-hybridized carbons (Fsp3) is 0.211. The smallest absolute Gasteiger partial charge is 0.189 e. The summed E-state index contributed by atoms with van der Waals surface area (Å²) < 4.78 is 0. The van der Waals surface area contributed by atoms with E-state index in [0.717, 1.165) is 12.1 Å². The summed E-state index contributed by atoms with van der Waals surface area (Å²) in [4.78, 5) is 14.1. The Hall–Kier alpha value is -2.55. The number of aryl methyl sites for hydroxylation is 1. The summed E-state index contributed by atoms with van der Waals surface area (Å²) in [6.07, 6.45) is 2.21. The SMILES string of the molecule is CCc1ccc(C(=O)/C=C(/O)c2ccc(N(C)C)cc2)cc1. The van der Waals surface area contributed by atoms with Gasteiger partial charge in [-0.05, 0) is 36.2 Å². The third kappa shape index (κ3) is 3.76. The number of rotatable bonds is 5. The maximum Gasteiger partial charge on any atom is 0.189 e. The van der Waals surface area contributed by atoms with Gasteiger partial charge in [-0.3, -0.25) is 4.79 Å². The summed E-state index contributed by atoms with van der Waals surface area (Å²) >= 11 is 0. The van der Waals surface area contributed by atoms with Crippen molar-refractivity contribution in [3.05, 3.63) is 71.3 Å². The molecule has 2 rings (SSSR count). The Morgan fingerprint density at radius 2 is 1.55 bits per heavy atom. The second-order valence-electron chi connectivity index (χ2n) is 5.39. The second-order valence-corrected chi connectivity index (χ2v) is 5.39. The molecule has 2 aromatic carbocycles. The number of hydrogen-bond acceptors (Lipinski definition) is 3. The minimum absolute atomic E-state index is 0.0186. The molecule has 3 heteroatoms. The van der Waals surface area contributed by atoms with Gasteiger partial charge in [0.15, 0.2) is 5.78 Å². The largest absolute Gasteiger partial charge is 0.507 e. The molecule has 0 radical (unpaired) electrons. The van der Waals surface area contributed by atoms with E-state index >= 15 is 0 Å². The summed E-state index contributed by atoms with van der Waals surface area (Å²) in [7, 11) is 3.91. The molecule has 1 N–H and O–H groups in total. The number of aliphatic hydroxyl groups is 1. The van der Waals surface area contributed by atoms with Crippen LogP contribution in [0.1, 0.15) is 28.4 Å². The van der Waals surface area contributed by atoms with E-state index in [1.54, 1.807) is 24.3 Å². The lowest BCUT2D eigenvalue weighted by Crippen LogP contribution is -2.08. The number of nitrogens with zero attached hydrogens (tertiary/aromatic N) is 1. The molecule has 0 unspecified atom stereocenters. The molecule has 114 valence electrons. The molecule has 0 heterocycles. The molecular weight excluding hydrogens is 274 g/mol. The Labute approximate surface area is 131 Å². The van der Waals surface area contributed by atoms with E-state index in [2.05, 4.69) is 6.92 Å². The minimum atomic E-state index is -0.197. The number of anilines is 1. The predicted octanol–water partition coefficient (Wildman–Crippen LogP) is 4.10. The lowest BCUT2D eigenvalue weighted by Gasteiger charge is -2.12. The number of ketones is 1. The predicted molar refractivity (Wildman–Crippen MR) is 91.5 cm³/mol. The van der Waals surface area contributed by atoms with Crippen LogP contribution in [0.5, 0.6) is 0 Å². The molecule has 0 aliphatic heterocycles. The molecule has 0 saturated carbocycles. The third-order valence-electron chi connectivity index (χ3n) is 3.59. The van der Waals surface area contributed by atoms with Crippen LogP contribution in [-0.4, -0.2) is 25.0 Å². The van der Waals surface area contributed by atoms with Gasteiger partial charge >= 0.3 is 0 Å². The van der Waals surface area contributed by atoms with Gasteiger partial charge in [0.1, 0.15) is 5.76 Å². The Morgan fingerprint density at radius 1 is 1.00 bits per heavy atom. The second kappa shape index (κ2) is 6.94. The van der Waals surface area contributed by atoms with Crippen LogP contribution >= 0.6 is 0 Å². The first-order valence-electron chi connectivity index (χ1n) is 7.33. The summed E-state index contributed by atoms with van der Waals surface area (Å²) in [5.74, 6) is -0.216. The Balaban J connectivity index is 2.17. The topological polar surface area (TPSA) is 40.5 Å². The minimum Gasteiger partial charge on any atom is -0.507 e. The average Bonchev–Trinajstić information content (AvgIpc) is 2.54. The summed E-state index contributed by atoms with van der Waals surface area (Å²) in [6.45, 7) is 2.07. The number of aliphatic hydroxyl groups excluding tert-OH is 1. The number of benzene rings is 2. The Kier molecular flexibility index (Phi) is 4.99. The Bertz CT molecular complexity index is 668. The molecular formula is C19H21NO2. The number of carbonyl (C=O) groups is 1. The normalized spacial score (nSPS) is 11.3. The molecule has 0 fully saturated rings. The van der Waals surface area contributed by atoms with Gasteiger partial charge < -0.3 is 10.0 Å². The molecule has 0 spiro atoms. The zero-order chi connectivity index (χ0) is 16.1. The molecule has 0 bridgehead atoms. The highest BCUT2D eigenvalue weighted by Crippen LogP contribution is 2.18. The van der Waals surface area contributed by atoms with Crippen LogP contribution in [0.4, 0.5) is 5.69 Å². The molecule has 0 aliphatic rings. The highest BCUT2D eigenvalue weighted by atomic mass is 16.3. The lowest BCUT2D eigenvalue weighted by molar-refractivity contribution is 0.104. The Morgan fingerprint density at radius 3 is 2.05 bits per heavy atom. The molecule has 0 aromatic heterocycles. The fourth-order valence-corrected chi connectivity index (χ4v) is 2.13. The summed E-state index contributed by atoms with van der Waals surface area (Å²) in [5.41, 5.74) is 3.43. The van der Waals surface area contributed by atoms with Crippen molar-refractivity contribution in [3.63, 3.8) is 0 Å². The van der Waals surface area contributed by atoms with E-state index in [1.807, 2.05) is 43.3 Å². The van der Waals surface area contributed by atoms with Gasteiger partial charge in [-0.1, -0.05) is 31.2 Å². The van der Waals surface area contributed by atoms with Crippen molar-refractivity contribution in [2.45, 2.75) is 13.3 Å². The number of carbonyl (C=O) groups excluding carboxylic acids is 1. The molecule has 0 aliphatic carbocycles. The molecule has 0 atom stereocenters.